The third-order valence-corrected chi connectivity index (χ3v) is 3.57. The normalized spacial score (nSPS) is 24.0. The molecule has 3 atom stereocenters. The lowest BCUT2D eigenvalue weighted by atomic mass is 10.2. The van der Waals surface area contributed by atoms with E-state index in [-0.39, 0.29) is 18.4 Å². The van der Waals surface area contributed by atoms with E-state index >= 15 is 0 Å². The molecule has 3 rings (SSSR count). The van der Waals surface area contributed by atoms with Crippen LogP contribution in [0.3, 0.4) is 0 Å². The number of aliphatic hydroxyl groups is 1. The fourth-order valence-corrected chi connectivity index (χ4v) is 2.50. The van der Waals surface area contributed by atoms with E-state index in [9.17, 15) is 9.90 Å². The average molecular weight is 323 g/mol. The van der Waals surface area contributed by atoms with Gasteiger partial charge < -0.3 is 25.1 Å². The molecule has 3 heterocycles. The van der Waals surface area contributed by atoms with Gasteiger partial charge in [0.1, 0.15) is 18.9 Å². The van der Waals surface area contributed by atoms with E-state index in [2.05, 4.69) is 15.0 Å². The number of anilines is 1. The SMILES string of the molecule is COc1nc(N)nc2c1ncn2[C@H]1C[C@H](O)[C@@H](COC(C)=O)O1. The van der Waals surface area contributed by atoms with Crippen LogP contribution in [0.25, 0.3) is 11.2 Å². The molecule has 0 aliphatic carbocycles. The van der Waals surface area contributed by atoms with Crippen molar-refractivity contribution >= 4 is 23.1 Å². The van der Waals surface area contributed by atoms with Gasteiger partial charge in [0.15, 0.2) is 11.2 Å². The van der Waals surface area contributed by atoms with Crippen LogP contribution in [0, 0.1) is 0 Å². The minimum Gasteiger partial charge on any atom is -0.479 e. The van der Waals surface area contributed by atoms with Gasteiger partial charge in [0, 0.05) is 13.3 Å². The van der Waals surface area contributed by atoms with Gasteiger partial charge in [0.2, 0.25) is 11.8 Å². The summed E-state index contributed by atoms with van der Waals surface area (Å²) in [7, 11) is 1.46. The first-order valence-electron chi connectivity index (χ1n) is 7.00. The van der Waals surface area contributed by atoms with Crippen LogP contribution in [-0.4, -0.2) is 56.5 Å². The van der Waals surface area contributed by atoms with Crippen molar-refractivity contribution < 1.29 is 24.1 Å². The predicted octanol–water partition coefficient (Wildman–Crippen LogP) is -0.371. The highest BCUT2D eigenvalue weighted by Gasteiger charge is 2.36. The molecule has 0 aromatic carbocycles. The Morgan fingerprint density at radius 2 is 2.35 bits per heavy atom. The topological polar surface area (TPSA) is 135 Å². The first-order chi connectivity index (χ1) is 11.0. The second-order valence-electron chi connectivity index (χ2n) is 5.15. The lowest BCUT2D eigenvalue weighted by Gasteiger charge is -2.15. The highest BCUT2D eigenvalue weighted by atomic mass is 16.6. The Bertz CT molecular complexity index is 733. The van der Waals surface area contributed by atoms with Crippen LogP contribution in [0.15, 0.2) is 6.33 Å². The Hall–Kier alpha value is -2.46. The number of rotatable bonds is 4. The molecule has 0 saturated carbocycles. The number of nitrogens with two attached hydrogens (primary N) is 1. The molecule has 10 nitrogen and oxygen atoms in total. The highest BCUT2D eigenvalue weighted by Crippen LogP contribution is 2.32. The number of imidazole rings is 1. The van der Waals surface area contributed by atoms with Gasteiger partial charge in [-0.25, -0.2) is 4.98 Å². The fourth-order valence-electron chi connectivity index (χ4n) is 2.50. The maximum Gasteiger partial charge on any atom is 0.302 e. The van der Waals surface area contributed by atoms with Crippen LogP contribution < -0.4 is 10.5 Å². The van der Waals surface area contributed by atoms with E-state index in [1.807, 2.05) is 0 Å². The van der Waals surface area contributed by atoms with E-state index in [4.69, 9.17) is 19.9 Å². The highest BCUT2D eigenvalue weighted by molar-refractivity contribution is 5.77. The minimum absolute atomic E-state index is 0.0138. The number of carbonyl (C=O) groups excluding carboxylic acids is 1. The van der Waals surface area contributed by atoms with Crippen molar-refractivity contribution in [2.24, 2.45) is 0 Å². The van der Waals surface area contributed by atoms with Crippen molar-refractivity contribution in [3.8, 4) is 5.88 Å². The van der Waals surface area contributed by atoms with Crippen LogP contribution in [0.4, 0.5) is 5.95 Å². The van der Waals surface area contributed by atoms with Crippen molar-refractivity contribution in [2.45, 2.75) is 31.8 Å². The summed E-state index contributed by atoms with van der Waals surface area (Å²) in [5.41, 5.74) is 6.56. The number of methoxy groups -OCH3 is 1. The van der Waals surface area contributed by atoms with Gasteiger partial charge in [-0.05, 0) is 0 Å². The minimum atomic E-state index is -0.766. The molecule has 1 aliphatic heterocycles. The molecule has 0 bridgehead atoms. The number of aromatic nitrogens is 4. The lowest BCUT2D eigenvalue weighted by Crippen LogP contribution is -2.27. The summed E-state index contributed by atoms with van der Waals surface area (Å²) in [5, 5.41) is 10.1. The number of aliphatic hydroxyl groups excluding tert-OH is 1. The predicted molar refractivity (Wildman–Crippen MR) is 77.5 cm³/mol. The number of hydrogen-bond acceptors (Lipinski definition) is 9. The van der Waals surface area contributed by atoms with Crippen molar-refractivity contribution in [3.05, 3.63) is 6.33 Å². The fraction of sp³-hybridized carbons (Fsp3) is 0.538. The van der Waals surface area contributed by atoms with Crippen LogP contribution in [-0.2, 0) is 14.3 Å². The van der Waals surface area contributed by atoms with E-state index in [1.54, 1.807) is 4.57 Å². The number of esters is 1. The summed E-state index contributed by atoms with van der Waals surface area (Å²) in [5.74, 6) is -0.116. The number of nitrogen functional groups attached to an aromatic ring is 1. The molecule has 3 N–H and O–H groups in total. The van der Waals surface area contributed by atoms with Crippen molar-refractivity contribution in [1.29, 1.82) is 0 Å². The van der Waals surface area contributed by atoms with Crippen LogP contribution in [0.2, 0.25) is 0 Å². The van der Waals surface area contributed by atoms with E-state index in [0.717, 1.165) is 0 Å². The zero-order chi connectivity index (χ0) is 16.6. The zero-order valence-electron chi connectivity index (χ0n) is 12.7. The smallest absolute Gasteiger partial charge is 0.302 e. The van der Waals surface area contributed by atoms with E-state index in [0.29, 0.717) is 17.6 Å². The summed E-state index contributed by atoms with van der Waals surface area (Å²) >= 11 is 0. The first-order valence-corrected chi connectivity index (χ1v) is 7.00. The molecule has 10 heteroatoms. The van der Waals surface area contributed by atoms with Gasteiger partial charge in [-0.2, -0.15) is 9.97 Å². The number of fused-ring (bicyclic) bond motifs is 1. The number of ether oxygens (including phenoxy) is 3. The number of nitrogens with zero attached hydrogens (tertiary/aromatic N) is 4. The third-order valence-electron chi connectivity index (χ3n) is 3.57. The molecule has 1 saturated heterocycles. The molecule has 1 aliphatic rings. The Kier molecular flexibility index (Phi) is 4.01. The molecular weight excluding hydrogens is 306 g/mol. The Morgan fingerprint density at radius 3 is 3.04 bits per heavy atom. The van der Waals surface area contributed by atoms with Crippen LogP contribution in [0.1, 0.15) is 19.6 Å². The zero-order valence-corrected chi connectivity index (χ0v) is 12.7. The summed E-state index contributed by atoms with van der Waals surface area (Å²) in [6.07, 6.45) is -0.0499. The number of carbonyl (C=O) groups is 1. The van der Waals surface area contributed by atoms with Crippen molar-refractivity contribution in [3.63, 3.8) is 0 Å². The molecule has 2 aromatic rings. The molecule has 0 amide bonds. The van der Waals surface area contributed by atoms with Gasteiger partial charge >= 0.3 is 5.97 Å². The average Bonchev–Trinajstić information content (AvgIpc) is 3.07. The molecule has 0 unspecified atom stereocenters. The maximum absolute atomic E-state index is 10.9. The molecule has 0 spiro atoms. The summed E-state index contributed by atoms with van der Waals surface area (Å²) < 4.78 is 17.4. The van der Waals surface area contributed by atoms with Crippen LogP contribution >= 0.6 is 0 Å². The van der Waals surface area contributed by atoms with Gasteiger partial charge in [0.05, 0.1) is 19.5 Å². The summed E-state index contributed by atoms with van der Waals surface area (Å²) in [6, 6.07) is 0. The molecule has 0 radical (unpaired) electrons. The third kappa shape index (κ3) is 2.90. The summed E-state index contributed by atoms with van der Waals surface area (Å²) in [6.45, 7) is 1.29. The Morgan fingerprint density at radius 1 is 1.57 bits per heavy atom. The largest absolute Gasteiger partial charge is 0.479 e. The van der Waals surface area contributed by atoms with Crippen molar-refractivity contribution in [2.75, 3.05) is 19.5 Å². The standard InChI is InChI=1S/C13H17N5O5/c1-6(19)22-4-8-7(20)3-9(23-8)18-5-15-10-11(18)16-13(14)17-12(10)21-2/h5,7-9,20H,3-4H2,1-2H3,(H2,14,16,17)/t7-,8+,9+/m0/s1. The van der Waals surface area contributed by atoms with E-state index in [1.165, 1.54) is 20.4 Å². The van der Waals surface area contributed by atoms with Gasteiger partial charge in [-0.3, -0.25) is 9.36 Å². The first kappa shape index (κ1) is 15.4. The second kappa shape index (κ2) is 5.97. The Labute approximate surface area is 131 Å². The monoisotopic (exact) mass is 323 g/mol. The van der Waals surface area contributed by atoms with Crippen LogP contribution in [0.5, 0.6) is 5.88 Å². The molecule has 2 aromatic heterocycles. The quantitative estimate of drug-likeness (QED) is 0.722. The summed E-state index contributed by atoms with van der Waals surface area (Å²) in [4.78, 5) is 23.2. The second-order valence-corrected chi connectivity index (χ2v) is 5.15. The van der Waals surface area contributed by atoms with Gasteiger partial charge in [0.25, 0.3) is 0 Å². The molecule has 23 heavy (non-hydrogen) atoms. The molecular formula is C13H17N5O5. The van der Waals surface area contributed by atoms with Gasteiger partial charge in [-0.1, -0.05) is 0 Å². The van der Waals surface area contributed by atoms with Gasteiger partial charge in [-0.15, -0.1) is 0 Å². The van der Waals surface area contributed by atoms with E-state index < -0.39 is 24.4 Å². The molecule has 1 fully saturated rings. The Balaban J connectivity index is 1.87. The van der Waals surface area contributed by atoms with Crippen molar-refractivity contribution in [1.82, 2.24) is 19.5 Å². The maximum atomic E-state index is 10.9. The lowest BCUT2D eigenvalue weighted by molar-refractivity contribution is -0.147. The molecule has 124 valence electrons. The number of hydrogen-bond donors (Lipinski definition) is 2.